The van der Waals surface area contributed by atoms with E-state index >= 15 is 0 Å². The Balaban J connectivity index is 1.59. The van der Waals surface area contributed by atoms with Crippen LogP contribution in [0.15, 0.2) is 30.3 Å². The number of benzene rings is 1. The SMILES string of the molecule is CC(O)(CNC1CCOC1C1CC1)c1ccccc1. The quantitative estimate of drug-likeness (QED) is 0.852. The molecule has 19 heavy (non-hydrogen) atoms. The first-order valence-electron chi connectivity index (χ1n) is 7.30. The number of ether oxygens (including phenoxy) is 1. The fraction of sp³-hybridized carbons (Fsp3) is 0.625. The molecule has 104 valence electrons. The average molecular weight is 261 g/mol. The van der Waals surface area contributed by atoms with Crippen LogP contribution in [0.1, 0.15) is 31.7 Å². The van der Waals surface area contributed by atoms with Gasteiger partial charge in [-0.25, -0.2) is 0 Å². The van der Waals surface area contributed by atoms with E-state index < -0.39 is 5.60 Å². The molecule has 0 amide bonds. The second kappa shape index (κ2) is 5.23. The summed E-state index contributed by atoms with van der Waals surface area (Å²) in [5.74, 6) is 0.752. The Morgan fingerprint density at radius 1 is 1.26 bits per heavy atom. The van der Waals surface area contributed by atoms with Crippen LogP contribution in [0.5, 0.6) is 0 Å². The molecule has 1 saturated heterocycles. The molecule has 2 fully saturated rings. The minimum absolute atomic E-state index is 0.367. The topological polar surface area (TPSA) is 41.5 Å². The summed E-state index contributed by atoms with van der Waals surface area (Å²) in [4.78, 5) is 0. The molecule has 3 nitrogen and oxygen atoms in total. The number of hydrogen-bond donors (Lipinski definition) is 2. The lowest BCUT2D eigenvalue weighted by atomic mass is 9.95. The Morgan fingerprint density at radius 2 is 2.00 bits per heavy atom. The molecule has 1 aliphatic carbocycles. The lowest BCUT2D eigenvalue weighted by molar-refractivity contribution is 0.0424. The van der Waals surface area contributed by atoms with Gasteiger partial charge in [-0.3, -0.25) is 0 Å². The second-order valence-corrected chi connectivity index (χ2v) is 6.09. The highest BCUT2D eigenvalue weighted by Crippen LogP contribution is 2.38. The number of rotatable bonds is 5. The first-order chi connectivity index (χ1) is 9.17. The van der Waals surface area contributed by atoms with E-state index in [9.17, 15) is 5.11 Å². The Kier molecular flexibility index (Phi) is 3.61. The van der Waals surface area contributed by atoms with Gasteiger partial charge in [-0.15, -0.1) is 0 Å². The molecule has 1 aromatic rings. The predicted octanol–water partition coefficient (Wildman–Crippen LogP) is 2.05. The molecule has 0 bridgehead atoms. The van der Waals surface area contributed by atoms with E-state index in [1.54, 1.807) is 0 Å². The van der Waals surface area contributed by atoms with E-state index in [0.29, 0.717) is 18.7 Å². The Hall–Kier alpha value is -0.900. The van der Waals surface area contributed by atoms with Crippen LogP contribution in [-0.4, -0.2) is 30.4 Å². The molecule has 3 heteroatoms. The van der Waals surface area contributed by atoms with E-state index in [2.05, 4.69) is 5.32 Å². The Morgan fingerprint density at radius 3 is 2.68 bits per heavy atom. The third-order valence-corrected chi connectivity index (χ3v) is 4.33. The molecular formula is C16H23NO2. The molecule has 2 aliphatic rings. The zero-order chi connectivity index (χ0) is 13.3. The van der Waals surface area contributed by atoms with Crippen molar-refractivity contribution in [2.45, 2.75) is 43.9 Å². The van der Waals surface area contributed by atoms with Crippen molar-refractivity contribution in [3.05, 3.63) is 35.9 Å². The van der Waals surface area contributed by atoms with Gasteiger partial charge >= 0.3 is 0 Å². The van der Waals surface area contributed by atoms with E-state index in [0.717, 1.165) is 24.5 Å². The van der Waals surface area contributed by atoms with Gasteiger partial charge in [-0.2, -0.15) is 0 Å². The molecule has 1 aliphatic heterocycles. The first kappa shape index (κ1) is 13.1. The van der Waals surface area contributed by atoms with Crippen LogP contribution in [0.4, 0.5) is 0 Å². The molecule has 3 rings (SSSR count). The Bertz CT molecular complexity index is 414. The van der Waals surface area contributed by atoms with Crippen molar-refractivity contribution in [3.8, 4) is 0 Å². The molecule has 0 radical (unpaired) electrons. The predicted molar refractivity (Wildman–Crippen MR) is 74.9 cm³/mol. The van der Waals surface area contributed by atoms with E-state index in [-0.39, 0.29) is 0 Å². The van der Waals surface area contributed by atoms with Crippen molar-refractivity contribution in [1.82, 2.24) is 5.32 Å². The maximum absolute atomic E-state index is 10.6. The van der Waals surface area contributed by atoms with Crippen LogP contribution in [0.3, 0.4) is 0 Å². The number of nitrogens with one attached hydrogen (secondary N) is 1. The van der Waals surface area contributed by atoms with Crippen molar-refractivity contribution in [2.24, 2.45) is 5.92 Å². The molecule has 3 unspecified atom stereocenters. The van der Waals surface area contributed by atoms with Gasteiger partial charge in [0.15, 0.2) is 0 Å². The molecule has 1 aromatic carbocycles. The number of hydrogen-bond acceptors (Lipinski definition) is 3. The second-order valence-electron chi connectivity index (χ2n) is 6.09. The van der Waals surface area contributed by atoms with Crippen LogP contribution in [0, 0.1) is 5.92 Å². The first-order valence-corrected chi connectivity index (χ1v) is 7.30. The van der Waals surface area contributed by atoms with Gasteiger partial charge < -0.3 is 15.2 Å². The molecule has 1 saturated carbocycles. The highest BCUT2D eigenvalue weighted by Gasteiger charge is 2.41. The van der Waals surface area contributed by atoms with Gasteiger partial charge in [0.1, 0.15) is 0 Å². The van der Waals surface area contributed by atoms with Crippen molar-refractivity contribution in [1.29, 1.82) is 0 Å². The zero-order valence-electron chi connectivity index (χ0n) is 11.5. The number of aliphatic hydroxyl groups is 1. The smallest absolute Gasteiger partial charge is 0.0992 e. The molecule has 1 heterocycles. The van der Waals surface area contributed by atoms with Crippen LogP contribution < -0.4 is 5.32 Å². The summed E-state index contributed by atoms with van der Waals surface area (Å²) in [7, 11) is 0. The van der Waals surface area contributed by atoms with Gasteiger partial charge in [0.25, 0.3) is 0 Å². The maximum Gasteiger partial charge on any atom is 0.0992 e. The monoisotopic (exact) mass is 261 g/mol. The lowest BCUT2D eigenvalue weighted by Gasteiger charge is -2.28. The normalized spacial score (nSPS) is 30.2. The summed E-state index contributed by atoms with van der Waals surface area (Å²) in [5, 5.41) is 14.1. The zero-order valence-corrected chi connectivity index (χ0v) is 11.5. The summed E-state index contributed by atoms with van der Waals surface area (Å²) < 4.78 is 5.82. The molecule has 3 atom stereocenters. The molecule has 0 spiro atoms. The van der Waals surface area contributed by atoms with Crippen molar-refractivity contribution >= 4 is 0 Å². The third-order valence-electron chi connectivity index (χ3n) is 4.33. The lowest BCUT2D eigenvalue weighted by Crippen LogP contribution is -2.44. The highest BCUT2D eigenvalue weighted by atomic mass is 16.5. The van der Waals surface area contributed by atoms with Gasteiger partial charge in [-0.1, -0.05) is 30.3 Å². The highest BCUT2D eigenvalue weighted by molar-refractivity contribution is 5.21. The summed E-state index contributed by atoms with van der Waals surface area (Å²) in [6.07, 6.45) is 4.04. The van der Waals surface area contributed by atoms with Crippen molar-refractivity contribution in [2.75, 3.05) is 13.2 Å². The van der Waals surface area contributed by atoms with E-state index in [1.807, 2.05) is 37.3 Å². The maximum atomic E-state index is 10.6. The average Bonchev–Trinajstić information content (AvgIpc) is 3.16. The van der Waals surface area contributed by atoms with E-state index in [4.69, 9.17) is 4.74 Å². The summed E-state index contributed by atoms with van der Waals surface area (Å²) >= 11 is 0. The third kappa shape index (κ3) is 2.99. The molecule has 2 N–H and O–H groups in total. The summed E-state index contributed by atoms with van der Waals surface area (Å²) in [6.45, 7) is 3.30. The van der Waals surface area contributed by atoms with Gasteiger partial charge in [-0.05, 0) is 37.7 Å². The van der Waals surface area contributed by atoms with Gasteiger partial charge in [0.05, 0.1) is 11.7 Å². The summed E-state index contributed by atoms with van der Waals surface area (Å²) in [5.41, 5.74) is 0.141. The molecular weight excluding hydrogens is 238 g/mol. The van der Waals surface area contributed by atoms with Crippen LogP contribution in [0.2, 0.25) is 0 Å². The fourth-order valence-electron chi connectivity index (χ4n) is 2.95. The summed E-state index contributed by atoms with van der Waals surface area (Å²) in [6, 6.07) is 10.3. The fourth-order valence-corrected chi connectivity index (χ4v) is 2.95. The Labute approximate surface area is 115 Å². The standard InChI is InChI=1S/C16H23NO2/c1-16(18,13-5-3-2-4-6-13)11-17-14-9-10-19-15(14)12-7-8-12/h2-6,12,14-15,17-18H,7-11H2,1H3. The van der Waals surface area contributed by atoms with Gasteiger partial charge in [0, 0.05) is 19.2 Å². The van der Waals surface area contributed by atoms with Gasteiger partial charge in [0.2, 0.25) is 0 Å². The van der Waals surface area contributed by atoms with Crippen molar-refractivity contribution in [3.63, 3.8) is 0 Å². The van der Waals surface area contributed by atoms with Crippen LogP contribution >= 0.6 is 0 Å². The molecule has 0 aromatic heterocycles. The van der Waals surface area contributed by atoms with Crippen LogP contribution in [0.25, 0.3) is 0 Å². The van der Waals surface area contributed by atoms with Crippen molar-refractivity contribution < 1.29 is 9.84 Å². The largest absolute Gasteiger partial charge is 0.384 e. The minimum atomic E-state index is -0.821. The van der Waals surface area contributed by atoms with Crippen LogP contribution in [-0.2, 0) is 10.3 Å². The van der Waals surface area contributed by atoms with E-state index in [1.165, 1.54) is 12.8 Å². The minimum Gasteiger partial charge on any atom is -0.384 e.